The van der Waals surface area contributed by atoms with E-state index >= 15 is 0 Å². The minimum Gasteiger partial charge on any atom is -0.415 e. The maximum atomic E-state index is 7.00. The van der Waals surface area contributed by atoms with Gasteiger partial charge in [0.05, 0.1) is 0 Å². The summed E-state index contributed by atoms with van der Waals surface area (Å²) in [4.78, 5) is 0. The topological polar surface area (TPSA) is 55.4 Å². The van der Waals surface area contributed by atoms with Crippen molar-refractivity contribution in [2.24, 2.45) is 0 Å². The second-order valence-corrected chi connectivity index (χ2v) is 18.4. The lowest BCUT2D eigenvalue weighted by atomic mass is 10.6. The van der Waals surface area contributed by atoms with E-state index in [9.17, 15) is 0 Å². The van der Waals surface area contributed by atoms with Crippen LogP contribution in [0.25, 0.3) is 0 Å². The highest BCUT2D eigenvalue weighted by molar-refractivity contribution is 6.94. The second kappa shape index (κ2) is 12.9. The van der Waals surface area contributed by atoms with Gasteiger partial charge in [-0.1, -0.05) is 40.0 Å². The van der Waals surface area contributed by atoms with Crippen LogP contribution in [-0.2, 0) is 26.6 Å². The van der Waals surface area contributed by atoms with E-state index in [2.05, 4.69) is 20.8 Å². The van der Waals surface area contributed by atoms with Crippen molar-refractivity contribution in [3.63, 3.8) is 0 Å². The van der Waals surface area contributed by atoms with Gasteiger partial charge < -0.3 is 26.6 Å². The first-order valence-electron chi connectivity index (χ1n) is 10.6. The highest BCUT2D eigenvalue weighted by Gasteiger charge is 2.60. The average molecular weight is 439 g/mol. The van der Waals surface area contributed by atoms with Gasteiger partial charge in [-0.05, 0) is 18.1 Å². The summed E-state index contributed by atoms with van der Waals surface area (Å²) in [6.07, 6.45) is 3.20. The first-order chi connectivity index (χ1) is 13.0. The van der Waals surface area contributed by atoms with Crippen LogP contribution in [0.3, 0.4) is 0 Å². The quantitative estimate of drug-likeness (QED) is 0.350. The Bertz CT molecular complexity index is 336. The number of methoxy groups -OCH3 is 3. The van der Waals surface area contributed by atoms with Gasteiger partial charge in [-0.3, -0.25) is 0 Å². The number of rotatable bonds is 15. The molecule has 1 fully saturated rings. The largest absolute Gasteiger partial charge is 0.415 e. The van der Waals surface area contributed by atoms with Crippen LogP contribution >= 0.6 is 0 Å². The fraction of sp³-hybridized carbons (Fsp3) is 1.00. The summed E-state index contributed by atoms with van der Waals surface area (Å²) in [5, 5.41) is 0. The molecule has 0 aromatic heterocycles. The third-order valence-electron chi connectivity index (χ3n) is 5.07. The predicted octanol–water partition coefficient (Wildman–Crippen LogP) is 4.55. The van der Waals surface area contributed by atoms with Gasteiger partial charge in [0.25, 0.3) is 0 Å². The molecule has 0 aromatic carbocycles. The van der Waals surface area contributed by atoms with Gasteiger partial charge in [0, 0.05) is 59.3 Å². The number of ether oxygens (including phenoxy) is 3. The molecular weight excluding hydrogens is 396 g/mol. The standard InChI is InChI=1S/C18H42O6Si3/c1-7-13-25(16-10-19-4)22-26(14-8-2,17-11-20-5)24-27(23-25,15-9-3)18-12-21-6/h7-18H2,1-6H3. The molecule has 0 aliphatic carbocycles. The Kier molecular flexibility index (Phi) is 12.1. The summed E-state index contributed by atoms with van der Waals surface area (Å²) in [5.74, 6) is 0. The summed E-state index contributed by atoms with van der Waals surface area (Å²) < 4.78 is 37.3. The van der Waals surface area contributed by atoms with E-state index in [0.717, 1.165) is 55.5 Å². The Balaban J connectivity index is 3.31. The van der Waals surface area contributed by atoms with Crippen LogP contribution in [0.4, 0.5) is 0 Å². The molecule has 0 spiro atoms. The Morgan fingerprint density at radius 2 is 0.741 bits per heavy atom. The van der Waals surface area contributed by atoms with Crippen LogP contribution in [0.5, 0.6) is 0 Å². The molecule has 9 heteroatoms. The maximum Gasteiger partial charge on any atom is 0.322 e. The SMILES string of the molecule is CCC[Si]1(CCOC)O[Si](CCC)(CCOC)O[Si](CCC)(CCOC)O1. The van der Waals surface area contributed by atoms with Crippen molar-refractivity contribution < 1.29 is 26.6 Å². The van der Waals surface area contributed by atoms with Gasteiger partial charge in [0.15, 0.2) is 0 Å². The van der Waals surface area contributed by atoms with Crippen LogP contribution < -0.4 is 0 Å². The molecule has 0 N–H and O–H groups in total. The first kappa shape index (κ1) is 25.4. The Labute approximate surface area is 170 Å². The molecule has 162 valence electrons. The van der Waals surface area contributed by atoms with Gasteiger partial charge in [-0.25, -0.2) is 0 Å². The van der Waals surface area contributed by atoms with E-state index in [1.54, 1.807) is 21.3 Å². The van der Waals surface area contributed by atoms with E-state index in [4.69, 9.17) is 26.6 Å². The van der Waals surface area contributed by atoms with Gasteiger partial charge >= 0.3 is 25.7 Å². The summed E-state index contributed by atoms with van der Waals surface area (Å²) >= 11 is 0. The Morgan fingerprint density at radius 1 is 0.481 bits per heavy atom. The molecule has 0 saturated carbocycles. The zero-order valence-corrected chi connectivity index (χ0v) is 21.4. The van der Waals surface area contributed by atoms with E-state index < -0.39 is 25.7 Å². The second-order valence-electron chi connectivity index (χ2n) is 7.52. The molecule has 0 aromatic rings. The third kappa shape index (κ3) is 7.63. The van der Waals surface area contributed by atoms with Crippen LogP contribution in [0.2, 0.25) is 36.3 Å². The molecule has 1 heterocycles. The first-order valence-corrected chi connectivity index (χ1v) is 17.3. The maximum absolute atomic E-state index is 7.00. The van der Waals surface area contributed by atoms with E-state index in [1.807, 2.05) is 0 Å². The van der Waals surface area contributed by atoms with E-state index in [1.165, 1.54) is 0 Å². The van der Waals surface area contributed by atoms with Gasteiger partial charge in [-0.2, -0.15) is 0 Å². The monoisotopic (exact) mass is 438 g/mol. The fourth-order valence-electron chi connectivity index (χ4n) is 3.98. The van der Waals surface area contributed by atoms with Gasteiger partial charge in [0.2, 0.25) is 0 Å². The van der Waals surface area contributed by atoms with Crippen LogP contribution in [-0.4, -0.2) is 66.8 Å². The summed E-state index contributed by atoms with van der Waals surface area (Å²) in [6, 6.07) is 5.69. The minimum atomic E-state index is -2.39. The Hall–Kier alpha value is 0.411. The van der Waals surface area contributed by atoms with Crippen LogP contribution in [0.15, 0.2) is 0 Å². The summed E-state index contributed by atoms with van der Waals surface area (Å²) in [5.41, 5.74) is 0. The molecule has 0 unspecified atom stereocenters. The molecule has 1 aliphatic rings. The molecule has 0 amide bonds. The lowest BCUT2D eigenvalue weighted by Gasteiger charge is -2.54. The molecular formula is C18H42O6Si3. The zero-order chi connectivity index (χ0) is 20.2. The van der Waals surface area contributed by atoms with Gasteiger partial charge in [-0.15, -0.1) is 0 Å². The van der Waals surface area contributed by atoms with Gasteiger partial charge in [0.1, 0.15) is 0 Å². The van der Waals surface area contributed by atoms with Crippen molar-refractivity contribution in [1.29, 1.82) is 0 Å². The van der Waals surface area contributed by atoms with Crippen molar-refractivity contribution in [3.8, 4) is 0 Å². The van der Waals surface area contributed by atoms with E-state index in [0.29, 0.717) is 19.8 Å². The van der Waals surface area contributed by atoms with Crippen molar-refractivity contribution in [3.05, 3.63) is 0 Å². The number of hydrogen-bond acceptors (Lipinski definition) is 6. The normalized spacial score (nSPS) is 31.3. The lowest BCUT2D eigenvalue weighted by molar-refractivity contribution is 0.156. The summed E-state index contributed by atoms with van der Waals surface area (Å²) in [6.45, 7) is 8.73. The Morgan fingerprint density at radius 3 is 0.926 bits per heavy atom. The zero-order valence-electron chi connectivity index (χ0n) is 18.4. The lowest BCUT2D eigenvalue weighted by Crippen LogP contribution is -2.70. The molecule has 6 nitrogen and oxygen atoms in total. The molecule has 1 saturated heterocycles. The van der Waals surface area contributed by atoms with Crippen molar-refractivity contribution in [2.75, 3.05) is 41.2 Å². The average Bonchev–Trinajstić information content (AvgIpc) is 2.64. The highest BCUT2D eigenvalue weighted by Crippen LogP contribution is 2.43. The third-order valence-corrected chi connectivity index (χ3v) is 20.7. The molecule has 1 aliphatic heterocycles. The van der Waals surface area contributed by atoms with E-state index in [-0.39, 0.29) is 0 Å². The molecule has 0 bridgehead atoms. The van der Waals surface area contributed by atoms with Crippen LogP contribution in [0, 0.1) is 0 Å². The molecule has 0 radical (unpaired) electrons. The van der Waals surface area contributed by atoms with Crippen LogP contribution in [0.1, 0.15) is 40.0 Å². The predicted molar refractivity (Wildman–Crippen MR) is 116 cm³/mol. The van der Waals surface area contributed by atoms with Crippen molar-refractivity contribution >= 4 is 25.7 Å². The molecule has 0 atom stereocenters. The molecule has 27 heavy (non-hydrogen) atoms. The van der Waals surface area contributed by atoms with Crippen molar-refractivity contribution in [1.82, 2.24) is 0 Å². The fourth-order valence-corrected chi connectivity index (χ4v) is 23.2. The smallest absolute Gasteiger partial charge is 0.322 e. The minimum absolute atomic E-state index is 0.688. The molecule has 1 rings (SSSR count). The number of hydrogen-bond donors (Lipinski definition) is 0. The highest BCUT2D eigenvalue weighted by atomic mass is 28.5. The summed E-state index contributed by atoms with van der Waals surface area (Å²) in [7, 11) is -1.88. The van der Waals surface area contributed by atoms with Crippen molar-refractivity contribution in [2.45, 2.75) is 76.3 Å².